The highest BCUT2D eigenvalue weighted by Crippen LogP contribution is 2.29. The van der Waals surface area contributed by atoms with Gasteiger partial charge in [0.2, 0.25) is 0 Å². The van der Waals surface area contributed by atoms with Gasteiger partial charge in [-0.2, -0.15) is 0 Å². The van der Waals surface area contributed by atoms with Crippen LogP contribution >= 0.6 is 0 Å². The third-order valence-electron chi connectivity index (χ3n) is 3.22. The first kappa shape index (κ1) is 14.2. The fraction of sp³-hybridized carbons (Fsp3) is 0.312. The number of nitrogens with two attached hydrogens (primary N) is 1. The summed E-state index contributed by atoms with van der Waals surface area (Å²) in [7, 11) is 1.68. The van der Waals surface area contributed by atoms with Gasteiger partial charge in [-0.1, -0.05) is 37.1 Å². The smallest absolute Gasteiger partial charge is 0.132 e. The molecule has 0 saturated heterocycles. The van der Waals surface area contributed by atoms with Gasteiger partial charge in [0.25, 0.3) is 0 Å². The van der Waals surface area contributed by atoms with Gasteiger partial charge in [0.1, 0.15) is 17.3 Å². The number of nitrogen functional groups attached to an aromatic ring is 1. The Kier molecular flexibility index (Phi) is 4.44. The van der Waals surface area contributed by atoms with Gasteiger partial charge in [-0.3, -0.25) is 0 Å². The predicted molar refractivity (Wildman–Crippen MR) is 81.0 cm³/mol. The van der Waals surface area contributed by atoms with Crippen LogP contribution in [-0.2, 0) is 24.3 Å². The molecule has 0 radical (unpaired) electrons. The summed E-state index contributed by atoms with van der Waals surface area (Å²) in [6, 6.07) is 7.98. The van der Waals surface area contributed by atoms with Crippen LogP contribution in [0.5, 0.6) is 0 Å². The van der Waals surface area contributed by atoms with E-state index in [0.717, 1.165) is 29.1 Å². The Morgan fingerprint density at radius 1 is 1.40 bits per heavy atom. The van der Waals surface area contributed by atoms with E-state index >= 15 is 0 Å². The molecule has 1 heterocycles. The number of aromatic nitrogens is 2. The van der Waals surface area contributed by atoms with Crippen LogP contribution in [0.3, 0.4) is 0 Å². The number of benzene rings is 1. The Balaban J connectivity index is 2.56. The van der Waals surface area contributed by atoms with Crippen LogP contribution in [-0.4, -0.2) is 16.7 Å². The summed E-state index contributed by atoms with van der Waals surface area (Å²) in [5.74, 6) is 4.14. The lowest BCUT2D eigenvalue weighted by molar-refractivity contribution is 0.185. The summed E-state index contributed by atoms with van der Waals surface area (Å²) in [5, 5.41) is 0. The van der Waals surface area contributed by atoms with Crippen molar-refractivity contribution in [2.24, 2.45) is 0 Å². The lowest BCUT2D eigenvalue weighted by Gasteiger charge is -2.08. The molecule has 4 nitrogen and oxygen atoms in total. The third-order valence-corrected chi connectivity index (χ3v) is 3.22. The first-order valence-corrected chi connectivity index (χ1v) is 6.58. The number of hydrogen-bond acceptors (Lipinski definition) is 3. The van der Waals surface area contributed by atoms with Crippen molar-refractivity contribution >= 4 is 5.82 Å². The van der Waals surface area contributed by atoms with Crippen LogP contribution in [0, 0.1) is 12.3 Å². The van der Waals surface area contributed by atoms with Crippen molar-refractivity contribution in [1.29, 1.82) is 0 Å². The normalized spacial score (nSPS) is 10.4. The Bertz CT molecular complexity index is 638. The van der Waals surface area contributed by atoms with Crippen LogP contribution < -0.4 is 5.73 Å². The molecule has 0 saturated carbocycles. The van der Waals surface area contributed by atoms with E-state index in [9.17, 15) is 0 Å². The Labute approximate surface area is 119 Å². The van der Waals surface area contributed by atoms with Crippen molar-refractivity contribution in [3.8, 4) is 23.6 Å². The van der Waals surface area contributed by atoms with E-state index in [1.165, 1.54) is 0 Å². The van der Waals surface area contributed by atoms with Gasteiger partial charge in [0.15, 0.2) is 0 Å². The molecule has 0 unspecified atom stereocenters. The molecule has 2 N–H and O–H groups in total. The minimum absolute atomic E-state index is 0.439. The zero-order valence-electron chi connectivity index (χ0n) is 11.9. The SMILES string of the molecule is C#CCn1c(CC)nc(-c2ccccc2COC)c1N. The molecular formula is C16H19N3O. The van der Waals surface area contributed by atoms with Crippen molar-refractivity contribution in [1.82, 2.24) is 9.55 Å². The molecule has 0 aliphatic rings. The zero-order chi connectivity index (χ0) is 14.5. The number of rotatable bonds is 5. The first-order valence-electron chi connectivity index (χ1n) is 6.58. The fourth-order valence-corrected chi connectivity index (χ4v) is 2.28. The second-order valence-corrected chi connectivity index (χ2v) is 4.50. The Morgan fingerprint density at radius 3 is 2.80 bits per heavy atom. The van der Waals surface area contributed by atoms with Gasteiger partial charge in [0, 0.05) is 19.1 Å². The molecule has 2 rings (SSSR count). The molecule has 1 aromatic carbocycles. The summed E-state index contributed by atoms with van der Waals surface area (Å²) in [6.07, 6.45) is 6.19. The molecule has 1 aromatic heterocycles. The third kappa shape index (κ3) is 2.54. The maximum atomic E-state index is 6.23. The van der Waals surface area contributed by atoms with E-state index < -0.39 is 0 Å². The van der Waals surface area contributed by atoms with Crippen LogP contribution in [0.2, 0.25) is 0 Å². The highest BCUT2D eigenvalue weighted by molar-refractivity contribution is 5.73. The van der Waals surface area contributed by atoms with Gasteiger partial charge in [0.05, 0.1) is 13.2 Å². The number of anilines is 1. The van der Waals surface area contributed by atoms with E-state index in [1.54, 1.807) is 7.11 Å². The Morgan fingerprint density at radius 2 is 2.15 bits per heavy atom. The molecule has 0 bridgehead atoms. The summed E-state index contributed by atoms with van der Waals surface area (Å²) >= 11 is 0. The summed E-state index contributed by atoms with van der Waals surface area (Å²) < 4.78 is 7.12. The number of aryl methyl sites for hydroxylation is 1. The maximum Gasteiger partial charge on any atom is 0.132 e. The second-order valence-electron chi connectivity index (χ2n) is 4.50. The fourth-order valence-electron chi connectivity index (χ4n) is 2.28. The van der Waals surface area contributed by atoms with Gasteiger partial charge in [-0.05, 0) is 5.56 Å². The number of ether oxygens (including phenoxy) is 1. The van der Waals surface area contributed by atoms with E-state index in [-0.39, 0.29) is 0 Å². The van der Waals surface area contributed by atoms with Gasteiger partial charge in [-0.25, -0.2) is 4.98 Å². The average molecular weight is 269 g/mol. The lowest BCUT2D eigenvalue weighted by atomic mass is 10.1. The minimum atomic E-state index is 0.439. The van der Waals surface area contributed by atoms with Crippen molar-refractivity contribution in [2.45, 2.75) is 26.5 Å². The predicted octanol–water partition coefficient (Wildman–Crippen LogP) is 2.47. The molecular weight excluding hydrogens is 250 g/mol. The quantitative estimate of drug-likeness (QED) is 0.848. The minimum Gasteiger partial charge on any atom is -0.383 e. The molecule has 0 amide bonds. The largest absolute Gasteiger partial charge is 0.383 e. The molecule has 0 fully saturated rings. The average Bonchev–Trinajstić information content (AvgIpc) is 2.77. The van der Waals surface area contributed by atoms with Crippen molar-refractivity contribution in [2.75, 3.05) is 12.8 Å². The van der Waals surface area contributed by atoms with Gasteiger partial charge >= 0.3 is 0 Å². The van der Waals surface area contributed by atoms with Crippen LogP contribution in [0.4, 0.5) is 5.82 Å². The van der Waals surface area contributed by atoms with Crippen LogP contribution in [0.25, 0.3) is 11.3 Å². The van der Waals surface area contributed by atoms with Crippen molar-refractivity contribution in [3.05, 3.63) is 35.7 Å². The molecule has 0 aliphatic heterocycles. The van der Waals surface area contributed by atoms with Crippen molar-refractivity contribution in [3.63, 3.8) is 0 Å². The van der Waals surface area contributed by atoms with Crippen molar-refractivity contribution < 1.29 is 4.74 Å². The summed E-state index contributed by atoms with van der Waals surface area (Å²) in [4.78, 5) is 4.65. The van der Waals surface area contributed by atoms with Gasteiger partial charge < -0.3 is 15.0 Å². The van der Waals surface area contributed by atoms with Gasteiger partial charge in [-0.15, -0.1) is 6.42 Å². The highest BCUT2D eigenvalue weighted by atomic mass is 16.5. The summed E-state index contributed by atoms with van der Waals surface area (Å²) in [6.45, 7) is 3.01. The second kappa shape index (κ2) is 6.27. The first-order chi connectivity index (χ1) is 9.72. The molecule has 104 valence electrons. The molecule has 4 heteroatoms. The number of imidazole rings is 1. The highest BCUT2D eigenvalue weighted by Gasteiger charge is 2.16. The molecule has 0 atom stereocenters. The molecule has 2 aromatic rings. The number of hydrogen-bond donors (Lipinski definition) is 1. The van der Waals surface area contributed by atoms with E-state index in [4.69, 9.17) is 16.9 Å². The van der Waals surface area contributed by atoms with E-state index in [0.29, 0.717) is 19.0 Å². The summed E-state index contributed by atoms with van der Waals surface area (Å²) in [5.41, 5.74) is 9.07. The number of methoxy groups -OCH3 is 1. The topological polar surface area (TPSA) is 53.1 Å². The van der Waals surface area contributed by atoms with Crippen LogP contribution in [0.15, 0.2) is 24.3 Å². The number of nitrogens with zero attached hydrogens (tertiary/aromatic N) is 2. The van der Waals surface area contributed by atoms with E-state index in [2.05, 4.69) is 10.9 Å². The monoisotopic (exact) mass is 269 g/mol. The number of terminal acetylenes is 1. The molecule has 0 spiro atoms. The zero-order valence-corrected chi connectivity index (χ0v) is 11.9. The van der Waals surface area contributed by atoms with Crippen LogP contribution in [0.1, 0.15) is 18.3 Å². The Hall–Kier alpha value is -2.25. The molecule has 20 heavy (non-hydrogen) atoms. The molecule has 0 aliphatic carbocycles. The van der Waals surface area contributed by atoms with E-state index in [1.807, 2.05) is 35.8 Å². The lowest BCUT2D eigenvalue weighted by Crippen LogP contribution is -2.05. The maximum absolute atomic E-state index is 6.23. The standard InChI is InChI=1S/C16H19N3O/c1-4-10-19-14(5-2)18-15(16(19)17)13-9-7-6-8-12(13)11-20-3/h1,6-9H,5,10-11,17H2,2-3H3.